The first kappa shape index (κ1) is 18.4. The molecule has 0 aromatic heterocycles. The van der Waals surface area contributed by atoms with E-state index in [1.54, 1.807) is 38.3 Å². The van der Waals surface area contributed by atoms with E-state index >= 15 is 0 Å². The maximum absolute atomic E-state index is 12.6. The van der Waals surface area contributed by atoms with Crippen LogP contribution in [0.2, 0.25) is 5.02 Å². The smallest absolute Gasteiger partial charge is 0.263 e. The molecule has 1 fully saturated rings. The predicted molar refractivity (Wildman–Crippen MR) is 103 cm³/mol. The second-order valence-electron chi connectivity index (χ2n) is 6.23. The van der Waals surface area contributed by atoms with Gasteiger partial charge in [-0.1, -0.05) is 17.7 Å². The predicted octanol–water partition coefficient (Wildman–Crippen LogP) is 3.46. The van der Waals surface area contributed by atoms with E-state index in [-0.39, 0.29) is 5.91 Å². The van der Waals surface area contributed by atoms with E-state index in [0.717, 1.165) is 24.5 Å². The van der Waals surface area contributed by atoms with Crippen molar-refractivity contribution in [3.8, 4) is 11.5 Å². The molecule has 0 aliphatic carbocycles. The molecule has 2 aromatic carbocycles. The first-order valence-electron chi connectivity index (χ1n) is 8.67. The number of ether oxygens (including phenoxy) is 2. The maximum atomic E-state index is 12.6. The number of anilines is 1. The molecule has 1 unspecified atom stereocenters. The van der Waals surface area contributed by atoms with Gasteiger partial charge in [-0.15, -0.1) is 0 Å². The SMILES string of the molecule is COc1cccc(N2CCN(C(=O)C(C)Oc3ccc(Cl)cc3)CC2)c1. The molecule has 6 heteroatoms. The van der Waals surface area contributed by atoms with Crippen molar-refractivity contribution < 1.29 is 14.3 Å². The highest BCUT2D eigenvalue weighted by Crippen LogP contribution is 2.23. The van der Waals surface area contributed by atoms with E-state index < -0.39 is 6.10 Å². The standard InChI is InChI=1S/C20H23ClN2O3/c1-15(26-18-8-6-16(21)7-9-18)20(24)23-12-10-22(11-13-23)17-4-3-5-19(14-17)25-2/h3-9,14-15H,10-13H2,1-2H3. The first-order valence-corrected chi connectivity index (χ1v) is 9.04. The van der Waals surface area contributed by atoms with Crippen molar-refractivity contribution >= 4 is 23.2 Å². The lowest BCUT2D eigenvalue weighted by molar-refractivity contribution is -0.138. The summed E-state index contributed by atoms with van der Waals surface area (Å²) in [5.41, 5.74) is 1.11. The van der Waals surface area contributed by atoms with Gasteiger partial charge in [0.05, 0.1) is 7.11 Å². The van der Waals surface area contributed by atoms with Crippen LogP contribution >= 0.6 is 11.6 Å². The number of hydrogen-bond donors (Lipinski definition) is 0. The van der Waals surface area contributed by atoms with Crippen molar-refractivity contribution in [2.45, 2.75) is 13.0 Å². The van der Waals surface area contributed by atoms with Gasteiger partial charge in [-0.3, -0.25) is 4.79 Å². The van der Waals surface area contributed by atoms with Gasteiger partial charge in [0.15, 0.2) is 6.10 Å². The van der Waals surface area contributed by atoms with Crippen LogP contribution in [0, 0.1) is 0 Å². The van der Waals surface area contributed by atoms with E-state index in [9.17, 15) is 4.79 Å². The summed E-state index contributed by atoms with van der Waals surface area (Å²) in [6.07, 6.45) is -0.528. The fraction of sp³-hybridized carbons (Fsp3) is 0.350. The van der Waals surface area contributed by atoms with Crippen molar-refractivity contribution in [3.05, 3.63) is 53.6 Å². The molecule has 1 aliphatic rings. The summed E-state index contributed by atoms with van der Waals surface area (Å²) in [5, 5.41) is 0.644. The van der Waals surface area contributed by atoms with Crippen LogP contribution in [-0.2, 0) is 4.79 Å². The third kappa shape index (κ3) is 4.41. The van der Waals surface area contributed by atoms with Crippen LogP contribution < -0.4 is 14.4 Å². The minimum absolute atomic E-state index is 0.00485. The zero-order chi connectivity index (χ0) is 18.5. The van der Waals surface area contributed by atoms with Gasteiger partial charge >= 0.3 is 0 Å². The van der Waals surface area contributed by atoms with Gasteiger partial charge in [0, 0.05) is 43.0 Å². The van der Waals surface area contributed by atoms with Crippen LogP contribution in [0.3, 0.4) is 0 Å². The second kappa shape index (κ2) is 8.32. The molecule has 1 atom stereocenters. The molecule has 0 bridgehead atoms. The summed E-state index contributed by atoms with van der Waals surface area (Å²) in [6.45, 7) is 4.69. The number of carbonyl (C=O) groups excluding carboxylic acids is 1. The number of benzene rings is 2. The molecular formula is C20H23ClN2O3. The third-order valence-corrected chi connectivity index (χ3v) is 4.74. The zero-order valence-electron chi connectivity index (χ0n) is 15.0. The van der Waals surface area contributed by atoms with Gasteiger partial charge < -0.3 is 19.3 Å². The molecular weight excluding hydrogens is 352 g/mol. The zero-order valence-corrected chi connectivity index (χ0v) is 15.8. The molecule has 0 spiro atoms. The summed E-state index contributed by atoms with van der Waals surface area (Å²) in [7, 11) is 1.66. The molecule has 26 heavy (non-hydrogen) atoms. The van der Waals surface area contributed by atoms with Crippen molar-refractivity contribution in [1.82, 2.24) is 4.90 Å². The van der Waals surface area contributed by atoms with Crippen molar-refractivity contribution in [1.29, 1.82) is 0 Å². The van der Waals surface area contributed by atoms with Crippen LogP contribution in [0.1, 0.15) is 6.92 Å². The summed E-state index contributed by atoms with van der Waals surface area (Å²) >= 11 is 5.87. The number of rotatable bonds is 5. The third-order valence-electron chi connectivity index (χ3n) is 4.48. The fourth-order valence-corrected chi connectivity index (χ4v) is 3.14. The summed E-state index contributed by atoms with van der Waals surface area (Å²) in [4.78, 5) is 16.8. The van der Waals surface area contributed by atoms with E-state index in [1.165, 1.54) is 0 Å². The average molecular weight is 375 g/mol. The normalized spacial score (nSPS) is 15.5. The van der Waals surface area contributed by atoms with Crippen LogP contribution in [0.4, 0.5) is 5.69 Å². The molecule has 1 saturated heterocycles. The summed E-state index contributed by atoms with van der Waals surface area (Å²) in [6, 6.07) is 15.0. The average Bonchev–Trinajstić information content (AvgIpc) is 2.69. The van der Waals surface area contributed by atoms with E-state index in [2.05, 4.69) is 11.0 Å². The molecule has 1 heterocycles. The summed E-state index contributed by atoms with van der Waals surface area (Å²) < 4.78 is 11.0. The highest BCUT2D eigenvalue weighted by Gasteiger charge is 2.26. The number of methoxy groups -OCH3 is 1. The Kier molecular flexibility index (Phi) is 5.89. The number of piperazine rings is 1. The van der Waals surface area contributed by atoms with E-state index in [1.807, 2.05) is 23.1 Å². The Morgan fingerprint density at radius 3 is 2.38 bits per heavy atom. The van der Waals surface area contributed by atoms with Gasteiger partial charge in [0.25, 0.3) is 5.91 Å². The molecule has 1 amide bonds. The molecule has 0 saturated carbocycles. The van der Waals surface area contributed by atoms with Gasteiger partial charge in [0.1, 0.15) is 11.5 Å². The first-order chi connectivity index (χ1) is 12.6. The number of amides is 1. The topological polar surface area (TPSA) is 42.0 Å². The molecule has 3 rings (SSSR count). The Bertz CT molecular complexity index is 743. The Labute approximate surface area is 159 Å². The quantitative estimate of drug-likeness (QED) is 0.803. The maximum Gasteiger partial charge on any atom is 0.263 e. The lowest BCUT2D eigenvalue weighted by Gasteiger charge is -2.37. The van der Waals surface area contributed by atoms with E-state index in [4.69, 9.17) is 21.1 Å². The number of hydrogen-bond acceptors (Lipinski definition) is 4. The fourth-order valence-electron chi connectivity index (χ4n) is 3.02. The molecule has 5 nitrogen and oxygen atoms in total. The Hall–Kier alpha value is -2.40. The van der Waals surface area contributed by atoms with Gasteiger partial charge in [-0.2, -0.15) is 0 Å². The Morgan fingerprint density at radius 2 is 1.73 bits per heavy atom. The molecule has 0 radical (unpaired) electrons. The highest BCUT2D eigenvalue weighted by atomic mass is 35.5. The van der Waals surface area contributed by atoms with Crippen LogP contribution in [0.25, 0.3) is 0 Å². The molecule has 1 aliphatic heterocycles. The molecule has 2 aromatic rings. The second-order valence-corrected chi connectivity index (χ2v) is 6.66. The number of nitrogens with zero attached hydrogens (tertiary/aromatic N) is 2. The monoisotopic (exact) mass is 374 g/mol. The van der Waals surface area contributed by atoms with Crippen molar-refractivity contribution in [2.24, 2.45) is 0 Å². The van der Waals surface area contributed by atoms with Gasteiger partial charge in [-0.05, 0) is 43.3 Å². The van der Waals surface area contributed by atoms with Crippen molar-refractivity contribution in [3.63, 3.8) is 0 Å². The lowest BCUT2D eigenvalue weighted by atomic mass is 10.2. The Balaban J connectivity index is 1.55. The van der Waals surface area contributed by atoms with Crippen LogP contribution in [-0.4, -0.2) is 50.2 Å². The lowest BCUT2D eigenvalue weighted by Crippen LogP contribution is -2.52. The van der Waals surface area contributed by atoms with Gasteiger partial charge in [-0.25, -0.2) is 0 Å². The number of halogens is 1. The van der Waals surface area contributed by atoms with Gasteiger partial charge in [0.2, 0.25) is 0 Å². The van der Waals surface area contributed by atoms with Crippen LogP contribution in [0.5, 0.6) is 11.5 Å². The largest absolute Gasteiger partial charge is 0.497 e. The molecule has 138 valence electrons. The van der Waals surface area contributed by atoms with Crippen LogP contribution in [0.15, 0.2) is 48.5 Å². The van der Waals surface area contributed by atoms with E-state index in [0.29, 0.717) is 23.9 Å². The highest BCUT2D eigenvalue weighted by molar-refractivity contribution is 6.30. The minimum atomic E-state index is -0.528. The number of carbonyl (C=O) groups is 1. The minimum Gasteiger partial charge on any atom is -0.497 e. The van der Waals surface area contributed by atoms with Crippen molar-refractivity contribution in [2.75, 3.05) is 38.2 Å². The molecule has 0 N–H and O–H groups in total. The Morgan fingerprint density at radius 1 is 1.04 bits per heavy atom. The summed E-state index contributed by atoms with van der Waals surface area (Å²) in [5.74, 6) is 1.49.